The van der Waals surface area contributed by atoms with E-state index in [1.165, 1.54) is 0 Å². The van der Waals surface area contributed by atoms with Crippen LogP contribution in [0.4, 0.5) is 5.82 Å². The van der Waals surface area contributed by atoms with E-state index in [0.717, 1.165) is 47.5 Å². The van der Waals surface area contributed by atoms with Gasteiger partial charge in [-0.1, -0.05) is 0 Å². The van der Waals surface area contributed by atoms with Gasteiger partial charge in [-0.3, -0.25) is 56.9 Å². The fourth-order valence-corrected chi connectivity index (χ4v) is 14.0. The van der Waals surface area contributed by atoms with E-state index in [9.17, 15) is 119 Å². The lowest BCUT2D eigenvalue weighted by Gasteiger charge is -2.47. The largest absolute Gasteiger partial charge is 0.756 e. The Morgan fingerprint density at radius 1 is 0.835 bits per heavy atom. The second-order valence-corrected chi connectivity index (χ2v) is 27.1. The first-order chi connectivity index (χ1) is 48.8. The average Bonchev–Trinajstić information content (AvgIpc) is 1.77. The summed E-state index contributed by atoms with van der Waals surface area (Å²) in [7, 11) is -4.77. The van der Waals surface area contributed by atoms with Crippen LogP contribution in [-0.2, 0) is 109 Å². The number of anilines is 1. The van der Waals surface area contributed by atoms with Crippen molar-refractivity contribution < 1.29 is 175 Å². The first kappa shape index (κ1) is 84.2. The van der Waals surface area contributed by atoms with Gasteiger partial charge in [0, 0.05) is 84.2 Å². The molecule has 44 nitrogen and oxygen atoms in total. The van der Waals surface area contributed by atoms with Gasteiger partial charge in [0.25, 0.3) is 26.6 Å². The number of methoxy groups -OCH3 is 1. The summed E-state index contributed by atoms with van der Waals surface area (Å²) in [6, 6.07) is -0.0424. The van der Waals surface area contributed by atoms with Gasteiger partial charge in [0.1, 0.15) is 66.9 Å². The molecule has 6 fully saturated rings. The molecule has 17 N–H and O–H groups in total. The van der Waals surface area contributed by atoms with Crippen molar-refractivity contribution >= 4 is 79.6 Å². The minimum absolute atomic E-state index is 0.0111. The molecule has 26 atom stereocenters. The molecule has 0 saturated carbocycles. The van der Waals surface area contributed by atoms with Gasteiger partial charge in [0.15, 0.2) is 37.0 Å². The fourth-order valence-electron chi connectivity index (χ4n) is 11.9. The number of ketones is 1. The monoisotopic (exact) mass is 1520 g/mol. The van der Waals surface area contributed by atoms with Gasteiger partial charge in [-0.25, -0.2) is 9.59 Å². The number of nitrogens with two attached hydrogens (primary N) is 1. The number of hydrogen-bond acceptors (Lipinski definition) is 39. The number of phosphoric acid groups is 1. The number of hydrogen-bond donors (Lipinski definition) is 16. The quantitative estimate of drug-likeness (QED) is 0.0126. The molecule has 7 heterocycles. The minimum atomic E-state index is -5.93. The van der Waals surface area contributed by atoms with E-state index in [2.05, 4.69) is 20.9 Å². The molecule has 6 saturated heterocycles. The number of carboxylic acids is 1. The van der Waals surface area contributed by atoms with Gasteiger partial charge >= 0.3 is 11.7 Å². The number of phosphoric ester groups is 1. The van der Waals surface area contributed by atoms with Crippen molar-refractivity contribution in [2.75, 3.05) is 64.7 Å². The third-order valence-corrected chi connectivity index (χ3v) is 19.5. The van der Waals surface area contributed by atoms with Gasteiger partial charge in [0.2, 0.25) is 42.1 Å². The number of ether oxygens (including phenoxy) is 11. The van der Waals surface area contributed by atoms with E-state index < -0.39 is 253 Å². The minimum Gasteiger partial charge on any atom is -0.756 e. The highest BCUT2D eigenvalue weighted by molar-refractivity contribution is 8.00. The number of imide groups is 1. The van der Waals surface area contributed by atoms with Crippen LogP contribution in [0.15, 0.2) is 17.1 Å². The Bertz CT molecular complexity index is 3170. The molecule has 103 heavy (non-hydrogen) atoms. The van der Waals surface area contributed by atoms with Crippen LogP contribution in [0.3, 0.4) is 0 Å². The number of carbonyl (C=O) groups excluding carboxylic acids is 8. The summed E-state index contributed by atoms with van der Waals surface area (Å²) in [5, 5.41) is 134. The van der Waals surface area contributed by atoms with Crippen LogP contribution >= 0.6 is 19.6 Å². The summed E-state index contributed by atoms with van der Waals surface area (Å²) < 4.78 is 83.9. The number of Topliss-reactive ketones (excluding diaryl/α,β-unsaturated/α-hetero) is 1. The highest BCUT2D eigenvalue weighted by Gasteiger charge is 2.57. The summed E-state index contributed by atoms with van der Waals surface area (Å²) in [5.41, 5.74) is 4.47. The van der Waals surface area contributed by atoms with Gasteiger partial charge in [-0.05, 0) is 24.7 Å². The normalized spacial score (nSPS) is 35.1. The molecular formula is C57H85N7O37PS-. The molecule has 0 aliphatic carbocycles. The molecule has 6 aliphatic rings. The number of aromatic nitrogens is 2. The number of nitrogens with zero attached hydrogens (tertiary/aromatic N) is 3. The Hall–Kier alpha value is -6.03. The lowest BCUT2D eigenvalue weighted by molar-refractivity contribution is -0.381. The van der Waals surface area contributed by atoms with Crippen molar-refractivity contribution in [1.29, 1.82) is 0 Å². The van der Waals surface area contributed by atoms with E-state index in [-0.39, 0.29) is 82.7 Å². The zero-order valence-electron chi connectivity index (χ0n) is 55.0. The van der Waals surface area contributed by atoms with Gasteiger partial charge in [-0.15, -0.1) is 11.8 Å². The Balaban J connectivity index is 0.801. The van der Waals surface area contributed by atoms with Crippen LogP contribution in [0.5, 0.6) is 0 Å². The number of likely N-dealkylation sites (tertiary alicyclic amines) is 1. The van der Waals surface area contributed by atoms with Crippen molar-refractivity contribution in [2.45, 2.75) is 211 Å². The third-order valence-electron chi connectivity index (χ3n) is 17.2. The molecule has 582 valence electrons. The Kier molecular flexibility index (Phi) is 31.5. The summed E-state index contributed by atoms with van der Waals surface area (Å²) in [4.78, 5) is 143. The molecule has 6 aliphatic heterocycles. The van der Waals surface area contributed by atoms with E-state index in [0.29, 0.717) is 0 Å². The average molecular weight is 1520 g/mol. The Morgan fingerprint density at radius 3 is 2.15 bits per heavy atom. The van der Waals surface area contributed by atoms with E-state index >= 15 is 0 Å². The van der Waals surface area contributed by atoms with Gasteiger partial charge in [-0.2, -0.15) is 4.98 Å². The number of thioether (sulfide) groups is 1. The predicted molar refractivity (Wildman–Crippen MR) is 328 cm³/mol. The van der Waals surface area contributed by atoms with Gasteiger partial charge < -0.3 is 144 Å². The number of nitrogens with one attached hydrogen (secondary N) is 3. The topological polar surface area (TPSA) is 657 Å². The second kappa shape index (κ2) is 38.5. The van der Waals surface area contributed by atoms with Gasteiger partial charge in [0.05, 0.1) is 68.7 Å². The maximum atomic E-state index is 13.3. The van der Waals surface area contributed by atoms with Crippen molar-refractivity contribution in [3.05, 3.63) is 22.7 Å². The predicted octanol–water partition coefficient (Wildman–Crippen LogP) is -10.2. The van der Waals surface area contributed by atoms with Crippen LogP contribution in [0, 0.1) is 5.92 Å². The number of aliphatic hydroxyl groups is 11. The van der Waals surface area contributed by atoms with Crippen molar-refractivity contribution in [1.82, 2.24) is 30.4 Å². The molecule has 0 bridgehead atoms. The summed E-state index contributed by atoms with van der Waals surface area (Å²) >= 11 is 1.08. The van der Waals surface area contributed by atoms with E-state index in [1.807, 2.05) is 0 Å². The maximum Gasteiger partial charge on any atom is 0.364 e. The smallest absolute Gasteiger partial charge is 0.364 e. The van der Waals surface area contributed by atoms with Crippen molar-refractivity contribution in [2.24, 2.45) is 5.92 Å². The summed E-state index contributed by atoms with van der Waals surface area (Å²) in [5.74, 6) is -10.7. The van der Waals surface area contributed by atoms with Crippen LogP contribution < -0.4 is 32.3 Å². The number of carboxylic acid groups (broad SMARTS) is 1. The van der Waals surface area contributed by atoms with E-state index in [1.54, 1.807) is 0 Å². The maximum absolute atomic E-state index is 13.3. The molecule has 7 rings (SSSR count). The Labute approximate surface area is 587 Å². The van der Waals surface area contributed by atoms with Crippen LogP contribution in [0.1, 0.15) is 70.9 Å². The first-order valence-corrected chi connectivity index (χ1v) is 34.6. The Morgan fingerprint density at radius 2 is 1.50 bits per heavy atom. The number of aliphatic carboxylic acids is 1. The van der Waals surface area contributed by atoms with Crippen LogP contribution in [0.2, 0.25) is 0 Å². The number of nitrogen functional groups attached to an aromatic ring is 1. The summed E-state index contributed by atoms with van der Waals surface area (Å²) in [6.07, 6.45) is -38.6. The number of rotatable bonds is 39. The van der Waals surface area contributed by atoms with Crippen molar-refractivity contribution in [3.8, 4) is 0 Å². The molecule has 46 heteroatoms. The SMILES string of the molecule is CO[C@@H]1C(OC=O)O[C@@H](O[C@H]2CC(NC(C)=O)[C@@H](O[C@@H]3C(OC=O)O[C@@H](OCCNC(=O)CCCN4C(=O)CC(SCCCC(=O)NCC(=O)C[C@H]5C(C[C@H](O)[C@H](O)CO)O[C@](OP(=O)([O-])OC[C@H]6O[C@@H](n7ccc(N)nc7=O)C(O)[C@H]6O)(C(=O)O)C[C@H]5O)C4=O)C(O)[C@H]3O)OC2CO)C(O)[C@H]1O. The zero-order chi connectivity index (χ0) is 75.8. The molecule has 5 amide bonds. The lowest BCUT2D eigenvalue weighted by atomic mass is 9.81. The number of amides is 5. The number of carbonyl (C=O) groups is 9. The molecule has 10 unspecified atom stereocenters. The summed E-state index contributed by atoms with van der Waals surface area (Å²) in [6.45, 7) is -3.32. The van der Waals surface area contributed by atoms with E-state index in [4.69, 9.17) is 66.9 Å². The molecule has 1 aromatic heterocycles. The zero-order valence-corrected chi connectivity index (χ0v) is 56.7. The molecule has 1 aromatic rings. The molecule has 0 aromatic carbocycles. The third kappa shape index (κ3) is 22.1. The lowest BCUT2D eigenvalue weighted by Crippen LogP contribution is -2.65. The standard InChI is InChI=1S/C57H86N7O37PS/c1-24(69)61-27-14-32(95-52-45(82)41(78)46(89-2)53(99-52)91-22-67)33(20-66)96-50(27)97-47-42(79)44(81)51(98-54(47)92-23-68)90-11-8-59-37(74)5-3-9-63-39(76)16-35(48(63)83)103-12-4-6-38(75)60-18-25(70)13-26-29(72)17-57(55(84)85,100-31(26)15-28(71)30(73)19-65)101-102(87,88)93-21-34-40(77)43(80)49(94-34)64-10-7-36(58)62-56(64)86/h7,10,22-23,26-35,40-47,49-54,65-66,71-73,77-82H,3-6,8-9,11-21H2,1-2H3,(H,59,74)(H,60,75)(H,61,69)(H,84,85)(H,87,88)(H2,58,62,86)/p-1/t26-,27?,28+,29-,30-,31?,32+,33?,34-,35?,40+,41-,42-,43?,44?,45?,46+,47+,49-,50-,51-,52-,53?,54?,57-/m1/s1. The molecule has 0 radical (unpaired) electrons. The molecule has 0 spiro atoms. The molecular weight excluding hydrogens is 1440 g/mol. The fraction of sp³-hybridized carbons (Fsp3) is 0.772. The number of aliphatic hydroxyl groups excluding tert-OH is 11. The van der Waals surface area contributed by atoms with Crippen LogP contribution in [0.25, 0.3) is 0 Å². The first-order valence-electron chi connectivity index (χ1n) is 32.1. The van der Waals surface area contributed by atoms with Crippen molar-refractivity contribution in [3.63, 3.8) is 0 Å². The highest BCUT2D eigenvalue weighted by Crippen LogP contribution is 2.50. The second-order valence-electron chi connectivity index (χ2n) is 24.4. The van der Waals surface area contributed by atoms with Crippen LogP contribution in [-0.4, -0.2) is 329 Å². The highest BCUT2D eigenvalue weighted by atomic mass is 32.2.